The van der Waals surface area contributed by atoms with Gasteiger partial charge in [0.15, 0.2) is 0 Å². The smallest absolute Gasteiger partial charge is 0.408 e. The number of carbonyl (C=O) groups is 2. The van der Waals surface area contributed by atoms with Gasteiger partial charge in [-0.2, -0.15) is 0 Å². The molecule has 1 fully saturated rings. The van der Waals surface area contributed by atoms with E-state index in [2.05, 4.69) is 5.32 Å². The summed E-state index contributed by atoms with van der Waals surface area (Å²) in [5.41, 5.74) is -0.543. The number of carbonyl (C=O) groups excluding carboxylic acids is 1. The van der Waals surface area contributed by atoms with E-state index in [1.165, 1.54) is 0 Å². The lowest BCUT2D eigenvalue weighted by Crippen LogP contribution is -2.49. The Hall–Kier alpha value is -1.26. The van der Waals surface area contributed by atoms with E-state index in [4.69, 9.17) is 9.84 Å². The summed E-state index contributed by atoms with van der Waals surface area (Å²) >= 11 is 0. The van der Waals surface area contributed by atoms with Crippen molar-refractivity contribution in [3.8, 4) is 0 Å². The molecule has 3 atom stereocenters. The maximum atomic E-state index is 11.5. The zero-order chi connectivity index (χ0) is 13.2. The van der Waals surface area contributed by atoms with Gasteiger partial charge in [0.25, 0.3) is 0 Å². The molecule has 1 aliphatic carbocycles. The molecular weight excluding hydrogens is 222 g/mol. The predicted octanol–water partition coefficient (Wildman–Crippen LogP) is 2.01. The van der Waals surface area contributed by atoms with Crippen LogP contribution < -0.4 is 5.32 Å². The van der Waals surface area contributed by atoms with Crippen molar-refractivity contribution in [1.82, 2.24) is 5.32 Å². The van der Waals surface area contributed by atoms with Crippen LogP contribution in [0.25, 0.3) is 0 Å². The number of ether oxygens (including phenoxy) is 1. The summed E-state index contributed by atoms with van der Waals surface area (Å²) < 4.78 is 5.13. The van der Waals surface area contributed by atoms with Crippen LogP contribution in [-0.2, 0) is 9.53 Å². The van der Waals surface area contributed by atoms with Crippen molar-refractivity contribution < 1.29 is 19.4 Å². The van der Waals surface area contributed by atoms with E-state index in [1.54, 1.807) is 20.8 Å². The maximum absolute atomic E-state index is 11.5. The Balaban J connectivity index is 2.45. The van der Waals surface area contributed by atoms with Gasteiger partial charge in [-0.05, 0) is 24.2 Å². The Morgan fingerprint density at radius 2 is 2.06 bits per heavy atom. The van der Waals surface area contributed by atoms with E-state index in [0.29, 0.717) is 5.92 Å². The zero-order valence-electron chi connectivity index (χ0n) is 10.8. The lowest BCUT2D eigenvalue weighted by atomic mass is 9.87. The average molecular weight is 243 g/mol. The summed E-state index contributed by atoms with van der Waals surface area (Å²) in [6, 6.07) is -0.936. The number of hydrogen-bond donors (Lipinski definition) is 2. The molecule has 0 aromatic heterocycles. The highest BCUT2D eigenvalue weighted by Crippen LogP contribution is 2.36. The van der Waals surface area contributed by atoms with Gasteiger partial charge in [-0.1, -0.05) is 27.7 Å². The van der Waals surface area contributed by atoms with E-state index in [9.17, 15) is 9.59 Å². The minimum absolute atomic E-state index is 0.0330. The lowest BCUT2D eigenvalue weighted by molar-refractivity contribution is -0.142. The molecule has 0 aromatic carbocycles. The quantitative estimate of drug-likeness (QED) is 0.792. The van der Waals surface area contributed by atoms with Gasteiger partial charge in [-0.25, -0.2) is 9.59 Å². The molecule has 5 nitrogen and oxygen atoms in total. The van der Waals surface area contributed by atoms with Gasteiger partial charge >= 0.3 is 12.1 Å². The standard InChI is InChI=1S/C12H21NO4/c1-5-7-6-8(7)17-11(16)13-9(10(14)15)12(2,3)4/h7-9H,5-6H2,1-4H3,(H,13,16)(H,14,15)/t7-,8-,9-/m1/s1. The van der Waals surface area contributed by atoms with Crippen molar-refractivity contribution >= 4 is 12.1 Å². The Morgan fingerprint density at radius 1 is 1.47 bits per heavy atom. The minimum atomic E-state index is -1.04. The maximum Gasteiger partial charge on any atom is 0.408 e. The van der Waals surface area contributed by atoms with Crippen molar-refractivity contribution in [2.75, 3.05) is 0 Å². The number of rotatable bonds is 4. The predicted molar refractivity (Wildman–Crippen MR) is 62.7 cm³/mol. The van der Waals surface area contributed by atoms with Gasteiger partial charge in [-0.3, -0.25) is 0 Å². The Morgan fingerprint density at radius 3 is 2.41 bits per heavy atom. The molecule has 0 aromatic rings. The van der Waals surface area contributed by atoms with E-state index in [1.807, 2.05) is 6.92 Å². The number of carboxylic acids is 1. The zero-order valence-corrected chi connectivity index (χ0v) is 10.8. The van der Waals surface area contributed by atoms with Crippen LogP contribution in [0.1, 0.15) is 40.5 Å². The molecule has 0 heterocycles. The Bertz CT molecular complexity index is 308. The third-order valence-electron chi connectivity index (χ3n) is 3.02. The summed E-state index contributed by atoms with van der Waals surface area (Å²) in [6.07, 6.45) is 1.21. The van der Waals surface area contributed by atoms with Crippen molar-refractivity contribution in [2.24, 2.45) is 11.3 Å². The molecule has 1 amide bonds. The first-order valence-corrected chi connectivity index (χ1v) is 5.95. The average Bonchev–Trinajstić information content (AvgIpc) is 2.90. The fraction of sp³-hybridized carbons (Fsp3) is 0.833. The normalized spacial score (nSPS) is 24.9. The second-order valence-electron chi connectivity index (χ2n) is 5.63. The van der Waals surface area contributed by atoms with E-state index < -0.39 is 23.5 Å². The van der Waals surface area contributed by atoms with Gasteiger partial charge in [0.05, 0.1) is 0 Å². The monoisotopic (exact) mass is 243 g/mol. The van der Waals surface area contributed by atoms with Crippen LogP contribution in [0.15, 0.2) is 0 Å². The third-order valence-corrected chi connectivity index (χ3v) is 3.02. The molecule has 17 heavy (non-hydrogen) atoms. The summed E-state index contributed by atoms with van der Waals surface area (Å²) in [7, 11) is 0. The number of alkyl carbamates (subject to hydrolysis) is 1. The van der Waals surface area contributed by atoms with Gasteiger partial charge in [0.2, 0.25) is 0 Å². The highest BCUT2D eigenvalue weighted by molar-refractivity contribution is 5.80. The van der Waals surface area contributed by atoms with Crippen molar-refractivity contribution in [3.05, 3.63) is 0 Å². The molecule has 2 N–H and O–H groups in total. The molecule has 0 bridgehead atoms. The summed E-state index contributed by atoms with van der Waals surface area (Å²) in [5.74, 6) is -0.601. The van der Waals surface area contributed by atoms with E-state index >= 15 is 0 Å². The minimum Gasteiger partial charge on any atom is -0.480 e. The van der Waals surface area contributed by atoms with Gasteiger partial charge < -0.3 is 15.2 Å². The summed E-state index contributed by atoms with van der Waals surface area (Å²) in [4.78, 5) is 22.6. The van der Waals surface area contributed by atoms with Crippen LogP contribution in [0.5, 0.6) is 0 Å². The second kappa shape index (κ2) is 4.94. The first-order chi connectivity index (χ1) is 7.75. The van der Waals surface area contributed by atoms with Gasteiger partial charge in [-0.15, -0.1) is 0 Å². The number of carboxylic acid groups (broad SMARTS) is 1. The molecular formula is C12H21NO4. The third kappa shape index (κ3) is 3.91. The van der Waals surface area contributed by atoms with Crippen LogP contribution >= 0.6 is 0 Å². The van der Waals surface area contributed by atoms with E-state index in [0.717, 1.165) is 12.8 Å². The molecule has 1 saturated carbocycles. The largest absolute Gasteiger partial charge is 0.480 e. The van der Waals surface area contributed by atoms with E-state index in [-0.39, 0.29) is 6.10 Å². The van der Waals surface area contributed by atoms with Crippen LogP contribution in [0, 0.1) is 11.3 Å². The van der Waals surface area contributed by atoms with Gasteiger partial charge in [0.1, 0.15) is 12.1 Å². The van der Waals surface area contributed by atoms with Crippen molar-refractivity contribution in [1.29, 1.82) is 0 Å². The first kappa shape index (κ1) is 13.8. The summed E-state index contributed by atoms with van der Waals surface area (Å²) in [5, 5.41) is 11.4. The Kier molecular flexibility index (Phi) is 4.01. The highest BCUT2D eigenvalue weighted by atomic mass is 16.6. The van der Waals surface area contributed by atoms with Crippen LogP contribution in [0.4, 0.5) is 4.79 Å². The van der Waals surface area contributed by atoms with Crippen LogP contribution in [-0.4, -0.2) is 29.3 Å². The molecule has 0 aliphatic heterocycles. The molecule has 1 aliphatic rings. The first-order valence-electron chi connectivity index (χ1n) is 5.95. The molecule has 0 saturated heterocycles. The number of amides is 1. The molecule has 98 valence electrons. The fourth-order valence-corrected chi connectivity index (χ4v) is 1.73. The highest BCUT2D eigenvalue weighted by Gasteiger charge is 2.40. The molecule has 0 radical (unpaired) electrons. The van der Waals surface area contributed by atoms with Crippen molar-refractivity contribution in [3.63, 3.8) is 0 Å². The number of nitrogens with one attached hydrogen (secondary N) is 1. The molecule has 0 unspecified atom stereocenters. The van der Waals surface area contributed by atoms with Gasteiger partial charge in [0, 0.05) is 0 Å². The Labute approximate surface area is 102 Å². The van der Waals surface area contributed by atoms with Crippen molar-refractivity contribution in [2.45, 2.75) is 52.7 Å². The summed E-state index contributed by atoms with van der Waals surface area (Å²) in [6.45, 7) is 7.33. The topological polar surface area (TPSA) is 75.6 Å². The molecule has 0 spiro atoms. The second-order valence-corrected chi connectivity index (χ2v) is 5.63. The number of aliphatic carboxylic acids is 1. The SMILES string of the molecule is CC[C@@H]1C[C@H]1OC(=O)N[C@H](C(=O)O)C(C)(C)C. The van der Waals surface area contributed by atoms with Crippen LogP contribution in [0.3, 0.4) is 0 Å². The fourth-order valence-electron chi connectivity index (χ4n) is 1.73. The van der Waals surface area contributed by atoms with Crippen LogP contribution in [0.2, 0.25) is 0 Å². The molecule has 5 heteroatoms. The molecule has 1 rings (SSSR count). The number of hydrogen-bond acceptors (Lipinski definition) is 3. The lowest BCUT2D eigenvalue weighted by Gasteiger charge is -2.27.